The largest absolute Gasteiger partial charge is 0.508 e. The lowest BCUT2D eigenvalue weighted by Crippen LogP contribution is -2.23. The van der Waals surface area contributed by atoms with E-state index in [9.17, 15) is 5.11 Å². The van der Waals surface area contributed by atoms with Gasteiger partial charge in [-0.1, -0.05) is 39.0 Å². The van der Waals surface area contributed by atoms with Crippen LogP contribution in [0.15, 0.2) is 42.5 Å². The summed E-state index contributed by atoms with van der Waals surface area (Å²) in [5.74, 6) is 1.13. The number of methoxy groups -OCH3 is 1. The van der Waals surface area contributed by atoms with E-state index in [2.05, 4.69) is 32.9 Å². The Hall–Kier alpha value is -2.00. The summed E-state index contributed by atoms with van der Waals surface area (Å²) in [7, 11) is 1.62. The minimum absolute atomic E-state index is 0.0982. The molecule has 0 amide bonds. The molecule has 1 unspecified atom stereocenters. The van der Waals surface area contributed by atoms with Gasteiger partial charge in [0.2, 0.25) is 0 Å². The van der Waals surface area contributed by atoms with Gasteiger partial charge < -0.3 is 14.6 Å². The molecule has 0 spiro atoms. The molecule has 2 aromatic rings. The minimum Gasteiger partial charge on any atom is -0.508 e. The van der Waals surface area contributed by atoms with E-state index in [0.717, 1.165) is 12.2 Å². The summed E-state index contributed by atoms with van der Waals surface area (Å²) in [6, 6.07) is 13.9. The van der Waals surface area contributed by atoms with Gasteiger partial charge in [0.25, 0.3) is 0 Å². The maximum atomic E-state index is 9.59. The van der Waals surface area contributed by atoms with Crippen LogP contribution in [0.5, 0.6) is 11.5 Å². The topological polar surface area (TPSA) is 38.7 Å². The lowest BCUT2D eigenvalue weighted by Gasteiger charge is -2.28. The van der Waals surface area contributed by atoms with Crippen LogP contribution in [-0.4, -0.2) is 19.0 Å². The molecule has 1 aliphatic carbocycles. The van der Waals surface area contributed by atoms with Crippen LogP contribution >= 0.6 is 0 Å². The molecule has 1 aliphatic rings. The van der Waals surface area contributed by atoms with Crippen molar-refractivity contribution in [2.45, 2.75) is 38.0 Å². The maximum absolute atomic E-state index is 9.59. The molecule has 3 rings (SSSR count). The Labute approximate surface area is 137 Å². The van der Waals surface area contributed by atoms with Gasteiger partial charge in [0.1, 0.15) is 11.5 Å². The van der Waals surface area contributed by atoms with Crippen molar-refractivity contribution in [2.24, 2.45) is 0 Å². The third-order valence-corrected chi connectivity index (χ3v) is 4.96. The lowest BCUT2D eigenvalue weighted by atomic mass is 9.75. The smallest absolute Gasteiger partial charge is 0.188 e. The molecule has 0 aliphatic heterocycles. The monoisotopic (exact) mass is 312 g/mol. The van der Waals surface area contributed by atoms with E-state index < -0.39 is 0 Å². The average molecular weight is 312 g/mol. The van der Waals surface area contributed by atoms with Crippen LogP contribution in [0.4, 0.5) is 0 Å². The number of phenolic OH excluding ortho intramolecular Hbond substituents is 1. The Bertz CT molecular complexity index is 703. The van der Waals surface area contributed by atoms with Crippen molar-refractivity contribution in [2.75, 3.05) is 13.9 Å². The van der Waals surface area contributed by atoms with Crippen LogP contribution in [0.3, 0.4) is 0 Å². The number of ether oxygens (including phenoxy) is 2. The quantitative estimate of drug-likeness (QED) is 0.852. The molecule has 0 saturated carbocycles. The van der Waals surface area contributed by atoms with E-state index in [4.69, 9.17) is 9.47 Å². The molecule has 0 saturated heterocycles. The molecular formula is C20H24O3. The lowest BCUT2D eigenvalue weighted by molar-refractivity contribution is 0.0510. The molecule has 122 valence electrons. The SMILES string of the molecule is COCOc1ccc2c(c1)C(C)(c1ccc(O)cc1)CC2(C)C. The summed E-state index contributed by atoms with van der Waals surface area (Å²) >= 11 is 0. The predicted octanol–water partition coefficient (Wildman–Crippen LogP) is 4.36. The van der Waals surface area contributed by atoms with Gasteiger partial charge in [-0.15, -0.1) is 0 Å². The van der Waals surface area contributed by atoms with Crippen molar-refractivity contribution in [3.05, 3.63) is 59.2 Å². The Kier molecular flexibility index (Phi) is 3.85. The zero-order valence-electron chi connectivity index (χ0n) is 14.2. The van der Waals surface area contributed by atoms with Gasteiger partial charge in [0.15, 0.2) is 6.79 Å². The molecule has 0 radical (unpaired) electrons. The average Bonchev–Trinajstić information content (AvgIpc) is 2.73. The molecule has 2 aromatic carbocycles. The number of fused-ring (bicyclic) bond motifs is 1. The highest BCUT2D eigenvalue weighted by atomic mass is 16.7. The molecular weight excluding hydrogens is 288 g/mol. The number of rotatable bonds is 4. The molecule has 0 bridgehead atoms. The number of phenols is 1. The van der Waals surface area contributed by atoms with Crippen LogP contribution in [0.1, 0.15) is 43.9 Å². The number of benzene rings is 2. The summed E-state index contributed by atoms with van der Waals surface area (Å²) in [5.41, 5.74) is 3.87. The van der Waals surface area contributed by atoms with Crippen LogP contribution in [0.25, 0.3) is 0 Å². The molecule has 3 heteroatoms. The predicted molar refractivity (Wildman–Crippen MR) is 91.1 cm³/mol. The molecule has 0 fully saturated rings. The van der Waals surface area contributed by atoms with E-state index in [1.54, 1.807) is 19.2 Å². The summed E-state index contributed by atoms with van der Waals surface area (Å²) in [6.07, 6.45) is 1.02. The maximum Gasteiger partial charge on any atom is 0.188 e. The second-order valence-electron chi connectivity index (χ2n) is 7.20. The zero-order valence-corrected chi connectivity index (χ0v) is 14.2. The third kappa shape index (κ3) is 2.70. The molecule has 1 N–H and O–H groups in total. The number of aromatic hydroxyl groups is 1. The first kappa shape index (κ1) is 15.9. The van der Waals surface area contributed by atoms with Gasteiger partial charge in [-0.25, -0.2) is 0 Å². The van der Waals surface area contributed by atoms with Crippen LogP contribution in [0, 0.1) is 0 Å². The van der Waals surface area contributed by atoms with Crippen molar-refractivity contribution in [1.29, 1.82) is 0 Å². The van der Waals surface area contributed by atoms with E-state index in [0.29, 0.717) is 5.75 Å². The Morgan fingerprint density at radius 1 is 1.00 bits per heavy atom. The summed E-state index contributed by atoms with van der Waals surface area (Å²) in [4.78, 5) is 0. The summed E-state index contributed by atoms with van der Waals surface area (Å²) < 4.78 is 10.6. The summed E-state index contributed by atoms with van der Waals surface area (Å²) in [6.45, 7) is 7.09. The highest BCUT2D eigenvalue weighted by Gasteiger charge is 2.45. The zero-order chi connectivity index (χ0) is 16.7. The van der Waals surface area contributed by atoms with Crippen molar-refractivity contribution in [3.63, 3.8) is 0 Å². The highest BCUT2D eigenvalue weighted by Crippen LogP contribution is 2.53. The standard InChI is InChI=1S/C20H24O3/c1-19(2)12-20(3,14-5-7-15(21)8-6-14)18-11-16(23-13-22-4)9-10-17(18)19/h5-11,21H,12-13H2,1-4H3. The first-order valence-corrected chi connectivity index (χ1v) is 7.93. The normalized spacial score (nSPS) is 21.9. The third-order valence-electron chi connectivity index (χ3n) is 4.96. The van der Waals surface area contributed by atoms with Crippen LogP contribution in [0.2, 0.25) is 0 Å². The van der Waals surface area contributed by atoms with E-state index >= 15 is 0 Å². The number of hydrogen-bond donors (Lipinski definition) is 1. The fraction of sp³-hybridized carbons (Fsp3) is 0.400. The second kappa shape index (κ2) is 5.57. The molecule has 0 aromatic heterocycles. The first-order chi connectivity index (χ1) is 10.9. The van der Waals surface area contributed by atoms with E-state index in [-0.39, 0.29) is 17.6 Å². The van der Waals surface area contributed by atoms with Crippen LogP contribution in [-0.2, 0) is 15.6 Å². The van der Waals surface area contributed by atoms with Gasteiger partial charge in [0, 0.05) is 12.5 Å². The van der Waals surface area contributed by atoms with Crippen molar-refractivity contribution in [3.8, 4) is 11.5 Å². The molecule has 1 atom stereocenters. The Balaban J connectivity index is 2.09. The highest BCUT2D eigenvalue weighted by molar-refractivity contribution is 5.54. The molecule has 23 heavy (non-hydrogen) atoms. The van der Waals surface area contributed by atoms with Crippen molar-refractivity contribution < 1.29 is 14.6 Å². The van der Waals surface area contributed by atoms with Gasteiger partial charge in [-0.05, 0) is 52.8 Å². The molecule has 3 nitrogen and oxygen atoms in total. The fourth-order valence-electron chi connectivity index (χ4n) is 3.95. The fourth-order valence-corrected chi connectivity index (χ4v) is 3.95. The van der Waals surface area contributed by atoms with Crippen LogP contribution < -0.4 is 4.74 Å². The van der Waals surface area contributed by atoms with Gasteiger partial charge in [0.05, 0.1) is 0 Å². The van der Waals surface area contributed by atoms with E-state index in [1.165, 1.54) is 16.7 Å². The van der Waals surface area contributed by atoms with E-state index in [1.807, 2.05) is 18.2 Å². The second-order valence-corrected chi connectivity index (χ2v) is 7.20. The van der Waals surface area contributed by atoms with Gasteiger partial charge >= 0.3 is 0 Å². The molecule has 0 heterocycles. The van der Waals surface area contributed by atoms with Crippen molar-refractivity contribution >= 4 is 0 Å². The minimum atomic E-state index is -0.0982. The Morgan fingerprint density at radius 3 is 2.35 bits per heavy atom. The first-order valence-electron chi connectivity index (χ1n) is 7.93. The van der Waals surface area contributed by atoms with Gasteiger partial charge in [-0.3, -0.25) is 0 Å². The number of hydrogen-bond acceptors (Lipinski definition) is 3. The van der Waals surface area contributed by atoms with Crippen molar-refractivity contribution in [1.82, 2.24) is 0 Å². The summed E-state index contributed by atoms with van der Waals surface area (Å²) in [5, 5.41) is 9.59. The Morgan fingerprint density at radius 2 is 1.70 bits per heavy atom. The van der Waals surface area contributed by atoms with Gasteiger partial charge in [-0.2, -0.15) is 0 Å².